The molecule has 1 aliphatic heterocycles. The first-order valence-electron chi connectivity index (χ1n) is 5.43. The molecule has 1 saturated heterocycles. The average Bonchev–Trinajstić information content (AvgIpc) is 2.65. The zero-order valence-corrected chi connectivity index (χ0v) is 10.7. The van der Waals surface area contributed by atoms with Crippen LogP contribution < -0.4 is 0 Å². The molecule has 1 amide bonds. The van der Waals surface area contributed by atoms with Gasteiger partial charge in [-0.25, -0.2) is 0 Å². The van der Waals surface area contributed by atoms with Gasteiger partial charge in [-0.1, -0.05) is 29.3 Å². The van der Waals surface area contributed by atoms with Gasteiger partial charge in [0.05, 0.1) is 0 Å². The molecule has 92 valence electrons. The van der Waals surface area contributed by atoms with E-state index in [-0.39, 0.29) is 18.4 Å². The number of amides is 1. The first-order chi connectivity index (χ1) is 8.11. The monoisotopic (exact) mass is 273 g/mol. The lowest BCUT2D eigenvalue weighted by Gasteiger charge is -2.18. The Bertz CT molecular complexity index is 416. The van der Waals surface area contributed by atoms with Crippen LogP contribution in [-0.4, -0.2) is 29.1 Å². The Balaban J connectivity index is 2.14. The van der Waals surface area contributed by atoms with Crippen molar-refractivity contribution in [1.29, 1.82) is 0 Å². The Morgan fingerprint density at radius 1 is 1.35 bits per heavy atom. The van der Waals surface area contributed by atoms with Crippen molar-refractivity contribution in [1.82, 2.24) is 4.90 Å². The highest BCUT2D eigenvalue weighted by Gasteiger charge is 2.29. The number of carbonyl (C=O) groups excluding carboxylic acids is 1. The summed E-state index contributed by atoms with van der Waals surface area (Å²) in [5.41, 5.74) is 0.766. The fraction of sp³-hybridized carbons (Fsp3) is 0.417. The van der Waals surface area contributed by atoms with Crippen LogP contribution in [0.3, 0.4) is 0 Å². The van der Waals surface area contributed by atoms with Gasteiger partial charge in [0.25, 0.3) is 0 Å². The van der Waals surface area contributed by atoms with E-state index in [0.717, 1.165) is 5.56 Å². The van der Waals surface area contributed by atoms with Crippen LogP contribution in [-0.2, 0) is 11.3 Å². The lowest BCUT2D eigenvalue weighted by Crippen LogP contribution is -2.25. The molecule has 1 atom stereocenters. The van der Waals surface area contributed by atoms with Gasteiger partial charge in [-0.3, -0.25) is 4.79 Å². The highest BCUT2D eigenvalue weighted by Crippen LogP contribution is 2.28. The summed E-state index contributed by atoms with van der Waals surface area (Å²) in [4.78, 5) is 13.4. The summed E-state index contributed by atoms with van der Waals surface area (Å²) in [7, 11) is 0. The van der Waals surface area contributed by atoms with E-state index in [2.05, 4.69) is 0 Å². The molecule has 1 aromatic rings. The lowest BCUT2D eigenvalue weighted by atomic mass is 10.1. The van der Waals surface area contributed by atoms with Crippen molar-refractivity contribution >= 4 is 29.1 Å². The number of hydrogen-bond acceptors (Lipinski definition) is 2. The van der Waals surface area contributed by atoms with Crippen molar-refractivity contribution in [3.8, 4) is 0 Å². The highest BCUT2D eigenvalue weighted by atomic mass is 35.5. The molecule has 5 heteroatoms. The van der Waals surface area contributed by atoms with E-state index >= 15 is 0 Å². The number of rotatable bonds is 3. The maximum absolute atomic E-state index is 11.7. The summed E-state index contributed by atoms with van der Waals surface area (Å²) in [6.07, 6.45) is 0.401. The van der Waals surface area contributed by atoms with Crippen molar-refractivity contribution < 1.29 is 9.90 Å². The Labute approximate surface area is 110 Å². The predicted molar refractivity (Wildman–Crippen MR) is 67.1 cm³/mol. The number of carbonyl (C=O) groups is 1. The predicted octanol–water partition coefficient (Wildman–Crippen LogP) is 2.33. The minimum Gasteiger partial charge on any atom is -0.396 e. The fourth-order valence-electron chi connectivity index (χ4n) is 2.00. The second kappa shape index (κ2) is 5.25. The minimum atomic E-state index is 0.0313. The summed E-state index contributed by atoms with van der Waals surface area (Å²) in [6.45, 7) is 1.02. The van der Waals surface area contributed by atoms with E-state index < -0.39 is 0 Å². The zero-order valence-electron chi connectivity index (χ0n) is 9.20. The normalized spacial score (nSPS) is 20.1. The summed E-state index contributed by atoms with van der Waals surface area (Å²) in [6, 6.07) is 5.29. The van der Waals surface area contributed by atoms with Crippen LogP contribution in [0.2, 0.25) is 10.0 Å². The van der Waals surface area contributed by atoms with Crippen LogP contribution in [0.15, 0.2) is 18.2 Å². The van der Waals surface area contributed by atoms with Gasteiger partial charge < -0.3 is 10.0 Å². The largest absolute Gasteiger partial charge is 0.396 e. The molecule has 0 bridgehead atoms. The maximum Gasteiger partial charge on any atom is 0.223 e. The smallest absolute Gasteiger partial charge is 0.223 e. The van der Waals surface area contributed by atoms with E-state index in [4.69, 9.17) is 28.3 Å². The molecule has 1 heterocycles. The second-order valence-corrected chi connectivity index (χ2v) is 5.04. The van der Waals surface area contributed by atoms with E-state index in [1.165, 1.54) is 0 Å². The van der Waals surface area contributed by atoms with Crippen LogP contribution in [0.4, 0.5) is 0 Å². The number of halogens is 2. The fourth-order valence-corrected chi connectivity index (χ4v) is 2.52. The molecule has 0 aliphatic carbocycles. The number of benzene rings is 1. The Morgan fingerprint density at radius 2 is 2.00 bits per heavy atom. The average molecular weight is 274 g/mol. The van der Waals surface area contributed by atoms with Crippen molar-refractivity contribution in [2.24, 2.45) is 5.92 Å². The van der Waals surface area contributed by atoms with E-state index in [1.54, 1.807) is 23.1 Å². The molecule has 0 saturated carbocycles. The molecule has 2 rings (SSSR count). The SMILES string of the molecule is O=C1CC(CO)CN1Cc1c(Cl)cccc1Cl. The van der Waals surface area contributed by atoms with Crippen LogP contribution in [0, 0.1) is 5.92 Å². The van der Waals surface area contributed by atoms with Gasteiger partial charge in [0.15, 0.2) is 0 Å². The zero-order chi connectivity index (χ0) is 12.4. The standard InChI is InChI=1S/C12H13Cl2NO2/c13-10-2-1-3-11(14)9(10)6-15-5-8(7-16)4-12(15)17/h1-3,8,16H,4-7H2. The molecule has 1 N–H and O–H groups in total. The Kier molecular flexibility index (Phi) is 3.92. The number of likely N-dealkylation sites (tertiary alicyclic amines) is 1. The second-order valence-electron chi connectivity index (χ2n) is 4.23. The number of aliphatic hydroxyl groups excluding tert-OH is 1. The minimum absolute atomic E-state index is 0.0313. The van der Waals surface area contributed by atoms with E-state index in [9.17, 15) is 4.79 Å². The molecular weight excluding hydrogens is 261 g/mol. The summed E-state index contributed by atoms with van der Waals surface area (Å²) >= 11 is 12.1. The summed E-state index contributed by atoms with van der Waals surface area (Å²) < 4.78 is 0. The first kappa shape index (κ1) is 12.7. The number of hydrogen-bond donors (Lipinski definition) is 1. The van der Waals surface area contributed by atoms with Crippen molar-refractivity contribution in [3.05, 3.63) is 33.8 Å². The van der Waals surface area contributed by atoms with Gasteiger partial charge >= 0.3 is 0 Å². The van der Waals surface area contributed by atoms with Crippen molar-refractivity contribution in [3.63, 3.8) is 0 Å². The topological polar surface area (TPSA) is 40.5 Å². The molecular formula is C12H13Cl2NO2. The Hall–Kier alpha value is -0.770. The van der Waals surface area contributed by atoms with Crippen LogP contribution in [0.1, 0.15) is 12.0 Å². The van der Waals surface area contributed by atoms with Gasteiger partial charge in [-0.2, -0.15) is 0 Å². The maximum atomic E-state index is 11.7. The Morgan fingerprint density at radius 3 is 2.53 bits per heavy atom. The molecule has 0 radical (unpaired) electrons. The number of aliphatic hydroxyl groups is 1. The molecule has 1 aromatic carbocycles. The third-order valence-electron chi connectivity index (χ3n) is 2.96. The molecule has 1 fully saturated rings. The first-order valence-corrected chi connectivity index (χ1v) is 6.19. The lowest BCUT2D eigenvalue weighted by molar-refractivity contribution is -0.128. The third-order valence-corrected chi connectivity index (χ3v) is 3.67. The quantitative estimate of drug-likeness (QED) is 0.919. The van der Waals surface area contributed by atoms with Gasteiger partial charge in [-0.15, -0.1) is 0 Å². The van der Waals surface area contributed by atoms with Crippen molar-refractivity contribution in [2.75, 3.05) is 13.2 Å². The summed E-state index contributed by atoms with van der Waals surface area (Å²) in [5, 5.41) is 10.2. The molecule has 3 nitrogen and oxygen atoms in total. The van der Waals surface area contributed by atoms with Crippen LogP contribution >= 0.6 is 23.2 Å². The molecule has 1 unspecified atom stereocenters. The molecule has 1 aliphatic rings. The van der Waals surface area contributed by atoms with Crippen molar-refractivity contribution in [2.45, 2.75) is 13.0 Å². The van der Waals surface area contributed by atoms with E-state index in [0.29, 0.717) is 29.6 Å². The van der Waals surface area contributed by atoms with Crippen LogP contribution in [0.5, 0.6) is 0 Å². The van der Waals surface area contributed by atoms with Gasteiger partial charge in [0.2, 0.25) is 5.91 Å². The third kappa shape index (κ3) is 2.73. The molecule has 17 heavy (non-hydrogen) atoms. The van der Waals surface area contributed by atoms with Gasteiger partial charge in [-0.05, 0) is 12.1 Å². The van der Waals surface area contributed by atoms with Crippen LogP contribution in [0.25, 0.3) is 0 Å². The summed E-state index contributed by atoms with van der Waals surface area (Å²) in [5.74, 6) is 0.0730. The van der Waals surface area contributed by atoms with Gasteiger partial charge in [0, 0.05) is 47.6 Å². The van der Waals surface area contributed by atoms with Gasteiger partial charge in [0.1, 0.15) is 0 Å². The molecule has 0 aromatic heterocycles. The molecule has 0 spiro atoms. The highest BCUT2D eigenvalue weighted by molar-refractivity contribution is 6.36. The number of nitrogens with zero attached hydrogens (tertiary/aromatic N) is 1. The van der Waals surface area contributed by atoms with E-state index in [1.807, 2.05) is 0 Å².